The van der Waals surface area contributed by atoms with E-state index in [9.17, 15) is 13.6 Å². The zero-order chi connectivity index (χ0) is 13.1. The van der Waals surface area contributed by atoms with E-state index >= 15 is 0 Å². The Labute approximate surface area is 101 Å². The lowest BCUT2D eigenvalue weighted by Crippen LogP contribution is -2.09. The highest BCUT2D eigenvalue weighted by molar-refractivity contribution is 5.87. The average Bonchev–Trinajstić information content (AvgIpc) is 2.70. The largest absolute Gasteiger partial charge is 0.309 e. The zero-order valence-electron chi connectivity index (χ0n) is 9.52. The summed E-state index contributed by atoms with van der Waals surface area (Å²) in [5.74, 6) is -1.39. The quantitative estimate of drug-likeness (QED) is 0.901. The molecule has 0 atom stereocenters. The first kappa shape index (κ1) is 12.2. The molecule has 18 heavy (non-hydrogen) atoms. The maximum atomic E-state index is 13.3. The molecule has 0 aliphatic heterocycles. The molecule has 2 rings (SSSR count). The second-order valence-corrected chi connectivity index (χ2v) is 3.66. The highest BCUT2D eigenvalue weighted by atomic mass is 19.1. The molecule has 0 aliphatic carbocycles. The van der Waals surface area contributed by atoms with Crippen LogP contribution in [-0.4, -0.2) is 20.7 Å². The number of hydrogen-bond acceptors (Lipinski definition) is 3. The van der Waals surface area contributed by atoms with E-state index in [1.165, 1.54) is 17.8 Å². The third kappa shape index (κ3) is 2.68. The minimum atomic E-state index is -0.730. The van der Waals surface area contributed by atoms with Crippen LogP contribution in [0.15, 0.2) is 24.7 Å². The Morgan fingerprint density at radius 2 is 2.06 bits per heavy atom. The molecule has 5 nitrogen and oxygen atoms in total. The van der Waals surface area contributed by atoms with Crippen molar-refractivity contribution < 1.29 is 13.6 Å². The van der Waals surface area contributed by atoms with Crippen LogP contribution < -0.4 is 5.32 Å². The molecule has 0 spiro atoms. The van der Waals surface area contributed by atoms with Gasteiger partial charge in [-0.15, -0.1) is 0 Å². The van der Waals surface area contributed by atoms with Crippen LogP contribution in [0.1, 0.15) is 12.5 Å². The first-order valence-corrected chi connectivity index (χ1v) is 5.15. The molecule has 0 radical (unpaired) electrons. The molecule has 0 aromatic carbocycles. The fourth-order valence-corrected chi connectivity index (χ4v) is 1.45. The summed E-state index contributed by atoms with van der Waals surface area (Å²) >= 11 is 0. The van der Waals surface area contributed by atoms with Crippen LogP contribution in [0.4, 0.5) is 14.6 Å². The number of aromatic nitrogens is 3. The van der Waals surface area contributed by atoms with Crippen LogP contribution in [0.25, 0.3) is 0 Å². The number of carbonyl (C=O) groups excluding carboxylic acids is 1. The molecule has 7 heteroatoms. The van der Waals surface area contributed by atoms with Gasteiger partial charge in [-0.1, -0.05) is 0 Å². The van der Waals surface area contributed by atoms with E-state index < -0.39 is 11.6 Å². The van der Waals surface area contributed by atoms with Crippen molar-refractivity contribution in [3.8, 4) is 0 Å². The van der Waals surface area contributed by atoms with Crippen molar-refractivity contribution in [2.45, 2.75) is 13.5 Å². The van der Waals surface area contributed by atoms with E-state index in [1.807, 2.05) is 0 Å². The van der Waals surface area contributed by atoms with E-state index in [0.717, 1.165) is 12.4 Å². The molecule has 2 aromatic rings. The zero-order valence-corrected chi connectivity index (χ0v) is 9.52. The molecular formula is C11H10F2N4O. The molecule has 1 amide bonds. The number of nitrogens with one attached hydrogen (secondary N) is 1. The van der Waals surface area contributed by atoms with Crippen molar-refractivity contribution in [2.75, 3.05) is 5.32 Å². The standard InChI is InChI=1S/C11H10F2N4O/c1-7(18)15-11-2-3-17(16-11)6-8-9(12)4-14-5-10(8)13/h2-5H,6H2,1H3,(H,15,16,18). The first-order valence-electron chi connectivity index (χ1n) is 5.15. The summed E-state index contributed by atoms with van der Waals surface area (Å²) in [6, 6.07) is 1.54. The maximum absolute atomic E-state index is 13.3. The van der Waals surface area contributed by atoms with Gasteiger partial charge in [0.15, 0.2) is 5.82 Å². The van der Waals surface area contributed by atoms with Gasteiger partial charge < -0.3 is 5.32 Å². The Balaban J connectivity index is 2.19. The SMILES string of the molecule is CC(=O)Nc1ccn(Cc2c(F)cncc2F)n1. The minimum absolute atomic E-state index is 0.0697. The molecule has 2 aromatic heterocycles. The van der Waals surface area contributed by atoms with Crippen LogP contribution in [0.3, 0.4) is 0 Å². The fraction of sp³-hybridized carbons (Fsp3) is 0.182. The number of pyridine rings is 1. The Morgan fingerprint density at radius 3 is 2.67 bits per heavy atom. The number of anilines is 1. The molecule has 0 bridgehead atoms. The number of hydrogen-bond donors (Lipinski definition) is 1. The molecule has 0 aliphatic rings. The monoisotopic (exact) mass is 252 g/mol. The van der Waals surface area contributed by atoms with E-state index in [2.05, 4.69) is 15.4 Å². The van der Waals surface area contributed by atoms with Crippen LogP contribution in [0, 0.1) is 11.6 Å². The lowest BCUT2D eigenvalue weighted by atomic mass is 10.2. The third-order valence-electron chi connectivity index (χ3n) is 2.22. The van der Waals surface area contributed by atoms with Gasteiger partial charge in [-0.25, -0.2) is 8.78 Å². The Kier molecular flexibility index (Phi) is 3.31. The average molecular weight is 252 g/mol. The summed E-state index contributed by atoms with van der Waals surface area (Å²) < 4.78 is 28.0. The highest BCUT2D eigenvalue weighted by Gasteiger charge is 2.10. The number of carbonyl (C=O) groups is 1. The van der Waals surface area contributed by atoms with E-state index in [0.29, 0.717) is 5.82 Å². The Hall–Kier alpha value is -2.31. The van der Waals surface area contributed by atoms with Crippen LogP contribution in [0.5, 0.6) is 0 Å². The van der Waals surface area contributed by atoms with Crippen LogP contribution in [0.2, 0.25) is 0 Å². The number of amides is 1. The van der Waals surface area contributed by atoms with Gasteiger partial charge in [0.1, 0.15) is 11.6 Å². The smallest absolute Gasteiger partial charge is 0.222 e. The minimum Gasteiger partial charge on any atom is -0.309 e. The molecule has 0 saturated carbocycles. The predicted molar refractivity (Wildman–Crippen MR) is 59.8 cm³/mol. The van der Waals surface area contributed by atoms with Gasteiger partial charge in [-0.05, 0) is 0 Å². The third-order valence-corrected chi connectivity index (χ3v) is 2.22. The highest BCUT2D eigenvalue weighted by Crippen LogP contribution is 2.12. The lowest BCUT2D eigenvalue weighted by Gasteiger charge is -2.04. The number of rotatable bonds is 3. The molecule has 1 N–H and O–H groups in total. The molecule has 94 valence electrons. The van der Waals surface area contributed by atoms with E-state index in [1.54, 1.807) is 6.07 Å². The topological polar surface area (TPSA) is 59.8 Å². The molecule has 0 saturated heterocycles. The van der Waals surface area contributed by atoms with Gasteiger partial charge >= 0.3 is 0 Å². The van der Waals surface area contributed by atoms with Crippen molar-refractivity contribution in [3.63, 3.8) is 0 Å². The van der Waals surface area contributed by atoms with Crippen molar-refractivity contribution in [3.05, 3.63) is 41.9 Å². The Bertz CT molecular complexity index is 562. The van der Waals surface area contributed by atoms with Gasteiger partial charge in [0, 0.05) is 24.8 Å². The summed E-state index contributed by atoms with van der Waals surface area (Å²) in [5.41, 5.74) is -0.123. The van der Waals surface area contributed by atoms with Gasteiger partial charge in [-0.2, -0.15) is 5.10 Å². The van der Waals surface area contributed by atoms with Crippen molar-refractivity contribution in [1.29, 1.82) is 0 Å². The van der Waals surface area contributed by atoms with Gasteiger partial charge in [0.25, 0.3) is 0 Å². The maximum Gasteiger partial charge on any atom is 0.222 e. The van der Waals surface area contributed by atoms with Crippen LogP contribution in [-0.2, 0) is 11.3 Å². The summed E-state index contributed by atoms with van der Waals surface area (Å²) in [6.45, 7) is 1.28. The molecule has 2 heterocycles. The predicted octanol–water partition coefficient (Wildman–Crippen LogP) is 1.56. The van der Waals surface area contributed by atoms with Gasteiger partial charge in [-0.3, -0.25) is 14.5 Å². The van der Waals surface area contributed by atoms with Crippen molar-refractivity contribution >= 4 is 11.7 Å². The van der Waals surface area contributed by atoms with Crippen molar-refractivity contribution in [2.24, 2.45) is 0 Å². The fourth-order valence-electron chi connectivity index (χ4n) is 1.45. The number of nitrogens with zero attached hydrogens (tertiary/aromatic N) is 3. The summed E-state index contributed by atoms with van der Waals surface area (Å²) in [6.07, 6.45) is 3.40. The molecule has 0 unspecified atom stereocenters. The summed E-state index contributed by atoms with van der Waals surface area (Å²) in [4.78, 5) is 14.2. The second kappa shape index (κ2) is 4.91. The molecular weight excluding hydrogens is 242 g/mol. The Morgan fingerprint density at radius 1 is 1.39 bits per heavy atom. The second-order valence-electron chi connectivity index (χ2n) is 3.66. The van der Waals surface area contributed by atoms with Crippen LogP contribution >= 0.6 is 0 Å². The summed E-state index contributed by atoms with van der Waals surface area (Å²) in [5, 5.41) is 6.43. The summed E-state index contributed by atoms with van der Waals surface area (Å²) in [7, 11) is 0. The van der Waals surface area contributed by atoms with Gasteiger partial charge in [0.05, 0.1) is 18.9 Å². The van der Waals surface area contributed by atoms with Crippen molar-refractivity contribution in [1.82, 2.24) is 14.8 Å². The normalized spacial score (nSPS) is 10.4. The van der Waals surface area contributed by atoms with Gasteiger partial charge in [0.2, 0.25) is 5.91 Å². The van der Waals surface area contributed by atoms with E-state index in [-0.39, 0.29) is 18.0 Å². The molecule has 0 fully saturated rings. The lowest BCUT2D eigenvalue weighted by molar-refractivity contribution is -0.114. The van der Waals surface area contributed by atoms with E-state index in [4.69, 9.17) is 0 Å². The first-order chi connectivity index (χ1) is 8.56. The number of halogens is 2.